The molecule has 2 aliphatic heterocycles. The summed E-state index contributed by atoms with van der Waals surface area (Å²) in [6.07, 6.45) is 1.79. The van der Waals surface area contributed by atoms with Gasteiger partial charge >= 0.3 is 0 Å². The topological polar surface area (TPSA) is 46.6 Å². The Morgan fingerprint density at radius 2 is 1.67 bits per heavy atom. The van der Waals surface area contributed by atoms with Gasteiger partial charge in [0, 0.05) is 37.7 Å². The number of hydrogen-bond acceptors (Lipinski definition) is 3. The van der Waals surface area contributed by atoms with Crippen molar-refractivity contribution in [3.8, 4) is 0 Å². The number of ketones is 1. The molecule has 0 radical (unpaired) electrons. The largest absolute Gasteiger partial charge is 0.368 e. The molecule has 0 aliphatic carbocycles. The minimum atomic E-state index is -1.18. The van der Waals surface area contributed by atoms with Crippen LogP contribution in [0.15, 0.2) is 12.1 Å². The highest BCUT2D eigenvalue weighted by atomic mass is 19.1. The van der Waals surface area contributed by atoms with E-state index in [9.17, 15) is 22.8 Å². The first-order chi connectivity index (χ1) is 11.5. The average Bonchev–Trinajstić information content (AvgIpc) is 3.07. The van der Waals surface area contributed by atoms with E-state index in [1.807, 2.05) is 0 Å². The Labute approximate surface area is 137 Å². The van der Waals surface area contributed by atoms with Gasteiger partial charge in [0.25, 0.3) is 5.91 Å². The van der Waals surface area contributed by atoms with Crippen LogP contribution in [-0.2, 0) is 9.53 Å². The summed E-state index contributed by atoms with van der Waals surface area (Å²) in [7, 11) is 0. The minimum absolute atomic E-state index is 0.0856. The van der Waals surface area contributed by atoms with E-state index >= 15 is 0 Å². The molecule has 0 aromatic heterocycles. The summed E-state index contributed by atoms with van der Waals surface area (Å²) in [4.78, 5) is 26.2. The first kappa shape index (κ1) is 17.0. The third kappa shape index (κ3) is 3.31. The summed E-state index contributed by atoms with van der Waals surface area (Å²) in [5.41, 5.74) is -0.694. The van der Waals surface area contributed by atoms with Crippen LogP contribution in [0.1, 0.15) is 36.0 Å². The molecule has 1 aromatic carbocycles. The maximum Gasteiger partial charge on any atom is 0.251 e. The van der Waals surface area contributed by atoms with Crippen LogP contribution in [0.3, 0.4) is 0 Å². The fourth-order valence-electron chi connectivity index (χ4n) is 3.32. The van der Waals surface area contributed by atoms with Crippen LogP contribution in [0.5, 0.6) is 0 Å². The van der Waals surface area contributed by atoms with E-state index in [4.69, 9.17) is 4.74 Å². The number of Topliss-reactive ketones (excluding diaryl/α,β-unsaturated/α-hetero) is 1. The van der Waals surface area contributed by atoms with Crippen LogP contribution in [0.4, 0.5) is 13.2 Å². The van der Waals surface area contributed by atoms with Gasteiger partial charge < -0.3 is 9.64 Å². The molecule has 7 heteroatoms. The fourth-order valence-corrected chi connectivity index (χ4v) is 3.32. The molecule has 0 spiro atoms. The van der Waals surface area contributed by atoms with E-state index in [-0.39, 0.29) is 5.91 Å². The zero-order chi connectivity index (χ0) is 17.3. The summed E-state index contributed by atoms with van der Waals surface area (Å²) in [6, 6.07) is 1.01. The van der Waals surface area contributed by atoms with Crippen molar-refractivity contribution in [2.24, 2.45) is 5.92 Å². The van der Waals surface area contributed by atoms with Crippen molar-refractivity contribution in [1.82, 2.24) is 4.90 Å². The molecular formula is C17H18F3NO3. The predicted octanol–water partition coefficient (Wildman–Crippen LogP) is 2.70. The van der Waals surface area contributed by atoms with Crippen molar-refractivity contribution in [2.75, 3.05) is 19.7 Å². The lowest BCUT2D eigenvalue weighted by atomic mass is 9.88. The lowest BCUT2D eigenvalue weighted by molar-refractivity contribution is -0.142. The fraction of sp³-hybridized carbons (Fsp3) is 0.529. The molecule has 1 aromatic rings. The van der Waals surface area contributed by atoms with Crippen LogP contribution in [0.25, 0.3) is 0 Å². The summed E-state index contributed by atoms with van der Waals surface area (Å²) in [6.45, 7) is 1.27. The molecule has 24 heavy (non-hydrogen) atoms. The van der Waals surface area contributed by atoms with Crippen LogP contribution in [0, 0.1) is 23.4 Å². The molecule has 0 bridgehead atoms. The van der Waals surface area contributed by atoms with Gasteiger partial charge in [0.1, 0.15) is 23.6 Å². The normalized spacial score (nSPS) is 22.0. The minimum Gasteiger partial charge on any atom is -0.368 e. The van der Waals surface area contributed by atoms with Crippen LogP contribution < -0.4 is 0 Å². The van der Waals surface area contributed by atoms with Gasteiger partial charge in [-0.3, -0.25) is 9.59 Å². The molecule has 2 fully saturated rings. The Balaban J connectivity index is 1.64. The standard InChI is InChI=1S/C17H18F3NO3/c18-11-8-12(19)15(13(20)9-11)16(22)10-3-5-21(6-4-10)17(23)14-2-1-7-24-14/h8-10,14H,1-7H2. The smallest absolute Gasteiger partial charge is 0.251 e. The second-order valence-electron chi connectivity index (χ2n) is 6.21. The number of halogens is 3. The number of ether oxygens (including phenoxy) is 1. The molecule has 1 unspecified atom stereocenters. The Kier molecular flexibility index (Phi) is 4.89. The zero-order valence-corrected chi connectivity index (χ0v) is 13.1. The number of carbonyl (C=O) groups is 2. The Bertz CT molecular complexity index is 627. The summed E-state index contributed by atoms with van der Waals surface area (Å²) in [5, 5.41) is 0. The number of amides is 1. The van der Waals surface area contributed by atoms with Crippen LogP contribution in [0.2, 0.25) is 0 Å². The lowest BCUT2D eigenvalue weighted by Gasteiger charge is -2.32. The van der Waals surface area contributed by atoms with Crippen molar-refractivity contribution in [3.05, 3.63) is 35.1 Å². The second kappa shape index (κ2) is 6.93. The van der Waals surface area contributed by atoms with E-state index in [1.54, 1.807) is 4.90 Å². The van der Waals surface area contributed by atoms with Gasteiger partial charge in [-0.15, -0.1) is 0 Å². The molecule has 1 atom stereocenters. The summed E-state index contributed by atoms with van der Waals surface area (Å²) in [5.74, 6) is -4.76. The molecule has 2 heterocycles. The number of piperidine rings is 1. The van der Waals surface area contributed by atoms with Crippen molar-refractivity contribution in [1.29, 1.82) is 0 Å². The monoisotopic (exact) mass is 341 g/mol. The number of nitrogens with zero attached hydrogens (tertiary/aromatic N) is 1. The van der Waals surface area contributed by atoms with Crippen molar-refractivity contribution in [3.63, 3.8) is 0 Å². The van der Waals surface area contributed by atoms with Gasteiger partial charge in [0.05, 0.1) is 5.56 Å². The van der Waals surface area contributed by atoms with Crippen molar-refractivity contribution in [2.45, 2.75) is 31.8 Å². The van der Waals surface area contributed by atoms with Gasteiger partial charge in [-0.1, -0.05) is 0 Å². The van der Waals surface area contributed by atoms with E-state index in [1.165, 1.54) is 0 Å². The Morgan fingerprint density at radius 3 is 2.21 bits per heavy atom. The molecule has 2 saturated heterocycles. The molecule has 0 N–H and O–H groups in total. The molecule has 0 saturated carbocycles. The van der Waals surface area contributed by atoms with Gasteiger partial charge in [-0.05, 0) is 25.7 Å². The van der Waals surface area contributed by atoms with Crippen LogP contribution in [-0.4, -0.2) is 42.4 Å². The third-order valence-corrected chi connectivity index (χ3v) is 4.64. The van der Waals surface area contributed by atoms with Gasteiger partial charge in [0.15, 0.2) is 5.78 Å². The summed E-state index contributed by atoms with van der Waals surface area (Å²) >= 11 is 0. The molecule has 4 nitrogen and oxygen atoms in total. The van der Waals surface area contributed by atoms with Gasteiger partial charge in [-0.2, -0.15) is 0 Å². The third-order valence-electron chi connectivity index (χ3n) is 4.64. The quantitative estimate of drug-likeness (QED) is 0.794. The number of carbonyl (C=O) groups excluding carboxylic acids is 2. The molecule has 2 aliphatic rings. The van der Waals surface area contributed by atoms with Crippen LogP contribution >= 0.6 is 0 Å². The van der Waals surface area contributed by atoms with Gasteiger partial charge in [-0.25, -0.2) is 13.2 Å². The van der Waals surface area contributed by atoms with E-state index < -0.39 is 40.8 Å². The SMILES string of the molecule is O=C(c1c(F)cc(F)cc1F)C1CCN(C(=O)C2CCCO2)CC1. The van der Waals surface area contributed by atoms with Crippen molar-refractivity contribution >= 4 is 11.7 Å². The number of likely N-dealkylation sites (tertiary alicyclic amines) is 1. The number of hydrogen-bond donors (Lipinski definition) is 0. The maximum absolute atomic E-state index is 13.7. The first-order valence-corrected chi connectivity index (χ1v) is 8.06. The zero-order valence-electron chi connectivity index (χ0n) is 13.1. The maximum atomic E-state index is 13.7. The van der Waals surface area contributed by atoms with E-state index in [2.05, 4.69) is 0 Å². The summed E-state index contributed by atoms with van der Waals surface area (Å²) < 4.78 is 45.8. The first-order valence-electron chi connectivity index (χ1n) is 8.06. The average molecular weight is 341 g/mol. The molecule has 130 valence electrons. The predicted molar refractivity (Wildman–Crippen MR) is 78.9 cm³/mol. The van der Waals surface area contributed by atoms with E-state index in [0.717, 1.165) is 6.42 Å². The Hall–Kier alpha value is -1.89. The number of benzene rings is 1. The highest BCUT2D eigenvalue weighted by molar-refractivity contribution is 5.98. The molecule has 3 rings (SSSR count). The molecule has 1 amide bonds. The van der Waals surface area contributed by atoms with Crippen molar-refractivity contribution < 1.29 is 27.5 Å². The van der Waals surface area contributed by atoms with Gasteiger partial charge in [0.2, 0.25) is 0 Å². The second-order valence-corrected chi connectivity index (χ2v) is 6.21. The lowest BCUT2D eigenvalue weighted by Crippen LogP contribution is -2.44. The van der Waals surface area contributed by atoms with E-state index in [0.29, 0.717) is 51.1 Å². The molecular weight excluding hydrogens is 323 g/mol. The highest BCUT2D eigenvalue weighted by Crippen LogP contribution is 2.26. The Morgan fingerprint density at radius 1 is 1.04 bits per heavy atom. The highest BCUT2D eigenvalue weighted by Gasteiger charge is 2.34. The number of rotatable bonds is 3.